The summed E-state index contributed by atoms with van der Waals surface area (Å²) in [6, 6.07) is 0. The highest BCUT2D eigenvalue weighted by molar-refractivity contribution is 4.82. The highest BCUT2D eigenvalue weighted by Gasteiger charge is 2.00. The van der Waals surface area contributed by atoms with Gasteiger partial charge in [0.2, 0.25) is 0 Å². The summed E-state index contributed by atoms with van der Waals surface area (Å²) in [7, 11) is 0. The largest absolute Gasteiger partial charge is 0.381 e. The van der Waals surface area contributed by atoms with Crippen LogP contribution in [-0.4, -0.2) is 13.2 Å². The number of unbranched alkanes of at least 4 members (excludes halogenated alkanes) is 2. The second kappa shape index (κ2) is 9.61. The fraction of sp³-hybridized carbons (Fsp3) is 0.833. The Balaban J connectivity index is 3.11. The summed E-state index contributed by atoms with van der Waals surface area (Å²) in [5.74, 6) is 3.35. The van der Waals surface area contributed by atoms with Crippen molar-refractivity contribution in [3.63, 3.8) is 0 Å². The maximum absolute atomic E-state index is 5.46. The normalized spacial score (nSPS) is 12.4. The Morgan fingerprint density at radius 2 is 2.15 bits per heavy atom. The average Bonchev–Trinajstić information content (AvgIpc) is 2.13. The Morgan fingerprint density at radius 1 is 1.38 bits per heavy atom. The molecule has 0 N–H and O–H groups in total. The third-order valence-electron chi connectivity index (χ3n) is 2.02. The van der Waals surface area contributed by atoms with Gasteiger partial charge >= 0.3 is 0 Å². The summed E-state index contributed by atoms with van der Waals surface area (Å²) < 4.78 is 5.46. The molecule has 0 aromatic carbocycles. The van der Waals surface area contributed by atoms with Crippen LogP contribution in [0.2, 0.25) is 0 Å². The maximum Gasteiger partial charge on any atom is 0.0491 e. The molecule has 0 fully saturated rings. The van der Waals surface area contributed by atoms with Crippen LogP contribution in [0.5, 0.6) is 0 Å². The molecule has 1 atom stereocenters. The minimum Gasteiger partial charge on any atom is -0.381 e. The molecule has 0 saturated carbocycles. The van der Waals surface area contributed by atoms with Gasteiger partial charge in [0, 0.05) is 19.6 Å². The molecule has 0 rings (SSSR count). The smallest absolute Gasteiger partial charge is 0.0491 e. The molecule has 1 heteroatoms. The van der Waals surface area contributed by atoms with E-state index in [4.69, 9.17) is 11.2 Å². The van der Waals surface area contributed by atoms with Crippen molar-refractivity contribution in [2.45, 2.75) is 46.0 Å². The summed E-state index contributed by atoms with van der Waals surface area (Å²) in [5, 5.41) is 0. The lowest BCUT2D eigenvalue weighted by atomic mass is 10.0. The Hall–Kier alpha value is -0.480. The van der Waals surface area contributed by atoms with Gasteiger partial charge in [-0.1, -0.05) is 20.3 Å². The molecule has 0 radical (unpaired) electrons. The third-order valence-corrected chi connectivity index (χ3v) is 2.02. The molecule has 1 nitrogen and oxygen atoms in total. The monoisotopic (exact) mass is 182 g/mol. The van der Waals surface area contributed by atoms with Crippen molar-refractivity contribution in [3.05, 3.63) is 0 Å². The number of ether oxygens (including phenoxy) is 1. The van der Waals surface area contributed by atoms with Crippen LogP contribution in [0.1, 0.15) is 46.0 Å². The molecule has 0 aromatic rings. The molecular formula is C12H22O. The average molecular weight is 182 g/mol. The van der Waals surface area contributed by atoms with Crippen molar-refractivity contribution in [1.82, 2.24) is 0 Å². The Bertz CT molecular complexity index is 135. The van der Waals surface area contributed by atoms with Crippen molar-refractivity contribution in [2.75, 3.05) is 13.2 Å². The molecule has 0 heterocycles. The number of terminal acetylenes is 1. The van der Waals surface area contributed by atoms with Crippen molar-refractivity contribution in [1.29, 1.82) is 0 Å². The van der Waals surface area contributed by atoms with E-state index in [2.05, 4.69) is 19.8 Å². The van der Waals surface area contributed by atoms with E-state index in [9.17, 15) is 0 Å². The first-order chi connectivity index (χ1) is 6.31. The van der Waals surface area contributed by atoms with Crippen LogP contribution < -0.4 is 0 Å². The van der Waals surface area contributed by atoms with Gasteiger partial charge in [0.25, 0.3) is 0 Å². The van der Waals surface area contributed by atoms with Crippen LogP contribution in [0.3, 0.4) is 0 Å². The lowest BCUT2D eigenvalue weighted by Crippen LogP contribution is -2.06. The van der Waals surface area contributed by atoms with Crippen molar-refractivity contribution >= 4 is 0 Å². The number of hydrogen-bond acceptors (Lipinski definition) is 1. The second-order valence-electron chi connectivity index (χ2n) is 3.63. The van der Waals surface area contributed by atoms with Crippen molar-refractivity contribution in [3.8, 4) is 12.3 Å². The minimum atomic E-state index is 0.685. The second-order valence-corrected chi connectivity index (χ2v) is 3.63. The lowest BCUT2D eigenvalue weighted by Gasteiger charge is -2.10. The molecule has 0 aromatic heterocycles. The summed E-state index contributed by atoms with van der Waals surface area (Å²) in [6.45, 7) is 6.18. The quantitative estimate of drug-likeness (QED) is 0.413. The first kappa shape index (κ1) is 12.5. The van der Waals surface area contributed by atoms with Gasteiger partial charge in [0.1, 0.15) is 0 Å². The van der Waals surface area contributed by atoms with Crippen molar-refractivity contribution in [2.24, 2.45) is 5.92 Å². The molecule has 0 bridgehead atoms. The van der Waals surface area contributed by atoms with Gasteiger partial charge in [-0.25, -0.2) is 0 Å². The van der Waals surface area contributed by atoms with Gasteiger partial charge in [-0.05, 0) is 25.2 Å². The van der Waals surface area contributed by atoms with Crippen LogP contribution in [0.15, 0.2) is 0 Å². The summed E-state index contributed by atoms with van der Waals surface area (Å²) in [5.41, 5.74) is 0. The van der Waals surface area contributed by atoms with E-state index in [-0.39, 0.29) is 0 Å². The predicted octanol–water partition coefficient (Wildman–Crippen LogP) is 3.24. The van der Waals surface area contributed by atoms with Crippen molar-refractivity contribution < 1.29 is 4.74 Å². The van der Waals surface area contributed by atoms with Gasteiger partial charge in [-0.2, -0.15) is 0 Å². The summed E-state index contributed by atoms with van der Waals surface area (Å²) in [4.78, 5) is 0. The molecule has 1 unspecified atom stereocenters. The molecule has 0 aliphatic carbocycles. The van der Waals surface area contributed by atoms with Crippen LogP contribution >= 0.6 is 0 Å². The van der Waals surface area contributed by atoms with Gasteiger partial charge in [0.15, 0.2) is 0 Å². The molecule has 76 valence electrons. The highest BCUT2D eigenvalue weighted by atomic mass is 16.5. The number of rotatable bonds is 8. The SMILES string of the molecule is C#CCCCCC(C)COCCC. The van der Waals surface area contributed by atoms with Crippen LogP contribution in [0.4, 0.5) is 0 Å². The molecule has 0 spiro atoms. The first-order valence-electron chi connectivity index (χ1n) is 5.32. The fourth-order valence-corrected chi connectivity index (χ4v) is 1.23. The Morgan fingerprint density at radius 3 is 2.77 bits per heavy atom. The molecule has 0 aliphatic heterocycles. The number of hydrogen-bond donors (Lipinski definition) is 0. The van der Waals surface area contributed by atoms with E-state index >= 15 is 0 Å². The zero-order valence-corrected chi connectivity index (χ0v) is 9.01. The topological polar surface area (TPSA) is 9.23 Å². The van der Waals surface area contributed by atoms with Gasteiger partial charge in [-0.3, -0.25) is 0 Å². The Kier molecular flexibility index (Phi) is 9.25. The zero-order valence-electron chi connectivity index (χ0n) is 9.01. The van der Waals surface area contributed by atoms with Crippen LogP contribution in [0.25, 0.3) is 0 Å². The van der Waals surface area contributed by atoms with Gasteiger partial charge in [-0.15, -0.1) is 12.3 Å². The standard InChI is InChI=1S/C12H22O/c1-4-6-7-8-9-12(3)11-13-10-5-2/h1,12H,5-11H2,2-3H3. The van der Waals surface area contributed by atoms with E-state index in [0.29, 0.717) is 5.92 Å². The molecular weight excluding hydrogens is 160 g/mol. The molecule has 0 aliphatic rings. The zero-order chi connectivity index (χ0) is 9.94. The van der Waals surface area contributed by atoms with E-state index in [0.717, 1.165) is 32.5 Å². The van der Waals surface area contributed by atoms with E-state index in [1.807, 2.05) is 0 Å². The maximum atomic E-state index is 5.46. The molecule has 13 heavy (non-hydrogen) atoms. The van der Waals surface area contributed by atoms with Crippen LogP contribution in [0, 0.1) is 18.3 Å². The predicted molar refractivity (Wildman–Crippen MR) is 57.6 cm³/mol. The summed E-state index contributed by atoms with van der Waals surface area (Å²) >= 11 is 0. The van der Waals surface area contributed by atoms with Gasteiger partial charge in [0.05, 0.1) is 0 Å². The molecule has 0 amide bonds. The fourth-order valence-electron chi connectivity index (χ4n) is 1.23. The Labute approximate surface area is 82.9 Å². The summed E-state index contributed by atoms with van der Waals surface area (Å²) in [6.07, 6.45) is 10.8. The van der Waals surface area contributed by atoms with E-state index in [1.165, 1.54) is 12.8 Å². The first-order valence-corrected chi connectivity index (χ1v) is 5.32. The van der Waals surface area contributed by atoms with E-state index in [1.54, 1.807) is 0 Å². The minimum absolute atomic E-state index is 0.685. The van der Waals surface area contributed by atoms with Gasteiger partial charge < -0.3 is 4.74 Å². The lowest BCUT2D eigenvalue weighted by molar-refractivity contribution is 0.102. The molecule has 0 saturated heterocycles. The third kappa shape index (κ3) is 9.43. The highest BCUT2D eigenvalue weighted by Crippen LogP contribution is 2.09. The van der Waals surface area contributed by atoms with Crippen LogP contribution in [-0.2, 0) is 4.74 Å². The van der Waals surface area contributed by atoms with E-state index < -0.39 is 0 Å².